The lowest BCUT2D eigenvalue weighted by Gasteiger charge is -2.24. The van der Waals surface area contributed by atoms with E-state index in [0.29, 0.717) is 6.04 Å². The van der Waals surface area contributed by atoms with E-state index in [-0.39, 0.29) is 0 Å². The molecule has 0 spiro atoms. The minimum Gasteiger partial charge on any atom is -0.293 e. The second kappa shape index (κ2) is 5.43. The standard InChI is InChI=1S/C14H20N4S/c1-11-6-12(2)18(16-11)8-14-4-3-5-17(14)7-13-9-19-10-15-13/h6,9-10,14H,3-5,7-8H2,1-2H3/t14-/m0/s1. The number of hydrogen-bond acceptors (Lipinski definition) is 4. The predicted octanol–water partition coefficient (Wildman–Crippen LogP) is 2.62. The van der Waals surface area contributed by atoms with Crippen LogP contribution in [0.15, 0.2) is 17.0 Å². The first-order valence-corrected chi connectivity index (χ1v) is 7.79. The van der Waals surface area contributed by atoms with Gasteiger partial charge >= 0.3 is 0 Å². The van der Waals surface area contributed by atoms with Gasteiger partial charge in [-0.25, -0.2) is 4.98 Å². The first-order valence-electron chi connectivity index (χ1n) is 6.84. The Kier molecular flexibility index (Phi) is 3.66. The molecule has 0 radical (unpaired) electrons. The maximum atomic E-state index is 4.58. The van der Waals surface area contributed by atoms with E-state index >= 15 is 0 Å². The molecule has 0 N–H and O–H groups in total. The average molecular weight is 276 g/mol. The lowest BCUT2D eigenvalue weighted by Crippen LogP contribution is -2.33. The van der Waals surface area contributed by atoms with Crippen LogP contribution in [0.25, 0.3) is 0 Å². The summed E-state index contributed by atoms with van der Waals surface area (Å²) in [5.41, 5.74) is 5.49. The zero-order chi connectivity index (χ0) is 13.2. The number of nitrogens with zero attached hydrogens (tertiary/aromatic N) is 4. The number of aromatic nitrogens is 3. The van der Waals surface area contributed by atoms with Crippen LogP contribution < -0.4 is 0 Å². The third-order valence-electron chi connectivity index (χ3n) is 3.83. The Labute approximate surface area is 118 Å². The van der Waals surface area contributed by atoms with E-state index < -0.39 is 0 Å². The van der Waals surface area contributed by atoms with Crippen LogP contribution >= 0.6 is 11.3 Å². The van der Waals surface area contributed by atoms with E-state index in [2.05, 4.69) is 45.0 Å². The van der Waals surface area contributed by atoms with E-state index in [0.717, 1.165) is 18.8 Å². The van der Waals surface area contributed by atoms with Gasteiger partial charge in [-0.15, -0.1) is 11.3 Å². The minimum atomic E-state index is 0.597. The monoisotopic (exact) mass is 276 g/mol. The van der Waals surface area contributed by atoms with Crippen LogP contribution in [-0.4, -0.2) is 32.3 Å². The molecule has 2 aromatic rings. The minimum absolute atomic E-state index is 0.597. The smallest absolute Gasteiger partial charge is 0.0795 e. The Hall–Kier alpha value is -1.20. The van der Waals surface area contributed by atoms with Crippen molar-refractivity contribution < 1.29 is 0 Å². The van der Waals surface area contributed by atoms with Crippen molar-refractivity contribution >= 4 is 11.3 Å². The van der Waals surface area contributed by atoms with Gasteiger partial charge in [0.2, 0.25) is 0 Å². The van der Waals surface area contributed by atoms with Crippen LogP contribution in [0.5, 0.6) is 0 Å². The van der Waals surface area contributed by atoms with Crippen molar-refractivity contribution in [2.24, 2.45) is 0 Å². The van der Waals surface area contributed by atoms with Gasteiger partial charge in [0, 0.05) is 23.7 Å². The molecule has 0 bridgehead atoms. The third kappa shape index (κ3) is 2.87. The molecule has 0 aliphatic carbocycles. The molecule has 2 aromatic heterocycles. The first-order chi connectivity index (χ1) is 9.22. The molecule has 1 saturated heterocycles. The Morgan fingerprint density at radius 2 is 2.32 bits per heavy atom. The Balaban J connectivity index is 1.68. The van der Waals surface area contributed by atoms with Gasteiger partial charge in [-0.2, -0.15) is 5.10 Å². The van der Waals surface area contributed by atoms with Crippen LogP contribution in [0.1, 0.15) is 29.9 Å². The van der Waals surface area contributed by atoms with E-state index in [1.54, 1.807) is 11.3 Å². The summed E-state index contributed by atoms with van der Waals surface area (Å²) >= 11 is 1.68. The molecule has 0 aromatic carbocycles. The van der Waals surface area contributed by atoms with E-state index in [9.17, 15) is 0 Å². The van der Waals surface area contributed by atoms with Crippen molar-refractivity contribution in [1.29, 1.82) is 0 Å². The Bertz CT molecular complexity index is 532. The lowest BCUT2D eigenvalue weighted by atomic mass is 10.2. The summed E-state index contributed by atoms with van der Waals surface area (Å²) < 4.78 is 2.15. The van der Waals surface area contributed by atoms with Gasteiger partial charge in [-0.3, -0.25) is 9.58 Å². The van der Waals surface area contributed by atoms with E-state index in [4.69, 9.17) is 0 Å². The molecule has 1 fully saturated rings. The van der Waals surface area contributed by atoms with Crippen LogP contribution in [0.3, 0.4) is 0 Å². The first kappa shape index (κ1) is 12.8. The molecular weight excluding hydrogens is 256 g/mol. The van der Waals surface area contributed by atoms with Crippen molar-refractivity contribution in [3.8, 4) is 0 Å². The van der Waals surface area contributed by atoms with Gasteiger partial charge in [0.05, 0.1) is 23.4 Å². The zero-order valence-corrected chi connectivity index (χ0v) is 12.4. The molecule has 0 saturated carbocycles. The largest absolute Gasteiger partial charge is 0.293 e. The summed E-state index contributed by atoms with van der Waals surface area (Å²) in [4.78, 5) is 6.94. The maximum Gasteiger partial charge on any atom is 0.0795 e. The average Bonchev–Trinajstić information content (AvgIpc) is 3.06. The fraction of sp³-hybridized carbons (Fsp3) is 0.571. The molecule has 1 aliphatic rings. The summed E-state index contributed by atoms with van der Waals surface area (Å²) in [5, 5.41) is 6.73. The van der Waals surface area contributed by atoms with Gasteiger partial charge in [0.15, 0.2) is 0 Å². The van der Waals surface area contributed by atoms with Crippen LogP contribution in [0, 0.1) is 13.8 Å². The molecule has 0 amide bonds. The highest BCUT2D eigenvalue weighted by Gasteiger charge is 2.25. The molecule has 0 unspecified atom stereocenters. The van der Waals surface area contributed by atoms with Crippen LogP contribution in [0.4, 0.5) is 0 Å². The van der Waals surface area contributed by atoms with E-state index in [1.165, 1.54) is 30.8 Å². The predicted molar refractivity (Wildman–Crippen MR) is 77.2 cm³/mol. The summed E-state index contributed by atoms with van der Waals surface area (Å²) in [6.45, 7) is 7.36. The lowest BCUT2D eigenvalue weighted by molar-refractivity contribution is 0.216. The quantitative estimate of drug-likeness (QED) is 0.861. The SMILES string of the molecule is Cc1cc(C)n(C[C@@H]2CCCN2Cc2cscn2)n1. The highest BCUT2D eigenvalue weighted by molar-refractivity contribution is 7.07. The zero-order valence-electron chi connectivity index (χ0n) is 11.5. The van der Waals surface area contributed by atoms with Crippen molar-refractivity contribution in [3.05, 3.63) is 34.0 Å². The van der Waals surface area contributed by atoms with Gasteiger partial charge in [0.1, 0.15) is 0 Å². The van der Waals surface area contributed by atoms with Crippen molar-refractivity contribution in [2.45, 2.75) is 45.8 Å². The molecular formula is C14H20N4S. The number of thiazole rings is 1. The third-order valence-corrected chi connectivity index (χ3v) is 4.47. The van der Waals surface area contributed by atoms with Gasteiger partial charge in [-0.05, 0) is 39.3 Å². The van der Waals surface area contributed by atoms with Crippen molar-refractivity contribution in [2.75, 3.05) is 6.54 Å². The normalized spacial score (nSPS) is 20.2. The number of aryl methyl sites for hydroxylation is 2. The highest BCUT2D eigenvalue weighted by Crippen LogP contribution is 2.22. The van der Waals surface area contributed by atoms with E-state index in [1.807, 2.05) is 5.51 Å². The van der Waals surface area contributed by atoms with Crippen LogP contribution in [0.2, 0.25) is 0 Å². The summed E-state index contributed by atoms with van der Waals surface area (Å²) in [7, 11) is 0. The van der Waals surface area contributed by atoms with Crippen LogP contribution in [-0.2, 0) is 13.1 Å². The molecule has 3 heterocycles. The Morgan fingerprint density at radius 3 is 3.00 bits per heavy atom. The maximum absolute atomic E-state index is 4.58. The summed E-state index contributed by atoms with van der Waals surface area (Å²) in [5.74, 6) is 0. The fourth-order valence-electron chi connectivity index (χ4n) is 2.89. The molecule has 1 aliphatic heterocycles. The molecule has 5 heteroatoms. The summed E-state index contributed by atoms with van der Waals surface area (Å²) in [6.07, 6.45) is 2.55. The fourth-order valence-corrected chi connectivity index (χ4v) is 3.44. The van der Waals surface area contributed by atoms with Crippen molar-refractivity contribution in [1.82, 2.24) is 19.7 Å². The molecule has 102 valence electrons. The second-order valence-corrected chi connectivity index (χ2v) is 6.07. The summed E-state index contributed by atoms with van der Waals surface area (Å²) in [6, 6.07) is 2.75. The molecule has 19 heavy (non-hydrogen) atoms. The topological polar surface area (TPSA) is 34.0 Å². The van der Waals surface area contributed by atoms with Gasteiger partial charge in [-0.1, -0.05) is 0 Å². The van der Waals surface area contributed by atoms with Gasteiger partial charge in [0.25, 0.3) is 0 Å². The number of hydrogen-bond donors (Lipinski definition) is 0. The molecule has 4 nitrogen and oxygen atoms in total. The molecule has 1 atom stereocenters. The number of likely N-dealkylation sites (tertiary alicyclic amines) is 1. The second-order valence-electron chi connectivity index (χ2n) is 5.36. The Morgan fingerprint density at radius 1 is 1.42 bits per heavy atom. The van der Waals surface area contributed by atoms with Crippen molar-refractivity contribution in [3.63, 3.8) is 0 Å². The van der Waals surface area contributed by atoms with Gasteiger partial charge < -0.3 is 0 Å². The number of rotatable bonds is 4. The highest BCUT2D eigenvalue weighted by atomic mass is 32.1. The molecule has 3 rings (SSSR count).